The zero-order valence-corrected chi connectivity index (χ0v) is 14.1. The van der Waals surface area contributed by atoms with Crippen molar-refractivity contribution in [3.05, 3.63) is 48.0 Å². The van der Waals surface area contributed by atoms with Crippen LogP contribution in [-0.4, -0.2) is 33.9 Å². The van der Waals surface area contributed by atoms with Crippen LogP contribution in [0.5, 0.6) is 0 Å². The molecular weight excluding hydrogens is 298 g/mol. The second-order valence-electron chi connectivity index (χ2n) is 5.41. The second-order valence-corrected chi connectivity index (χ2v) is 7.56. The van der Waals surface area contributed by atoms with E-state index >= 15 is 0 Å². The maximum Gasteiger partial charge on any atom is 0.242 e. The van der Waals surface area contributed by atoms with E-state index in [4.69, 9.17) is 5.73 Å². The van der Waals surface area contributed by atoms with Crippen LogP contribution in [0.15, 0.2) is 47.4 Å². The molecule has 0 radical (unpaired) electrons. The summed E-state index contributed by atoms with van der Waals surface area (Å²) in [4.78, 5) is 2.13. The summed E-state index contributed by atoms with van der Waals surface area (Å²) in [5, 5.41) is 0. The fourth-order valence-electron chi connectivity index (χ4n) is 2.19. The summed E-state index contributed by atoms with van der Waals surface area (Å²) >= 11 is 0. The minimum absolute atomic E-state index is 0.191. The maximum atomic E-state index is 12.1. The molecule has 0 bridgehead atoms. The van der Waals surface area contributed by atoms with Gasteiger partial charge < -0.3 is 10.6 Å². The molecule has 0 unspecified atom stereocenters. The third-order valence-corrected chi connectivity index (χ3v) is 5.34. The number of hydrogen-bond donors (Lipinski definition) is 1. The molecule has 0 aliphatic carbocycles. The summed E-state index contributed by atoms with van der Waals surface area (Å²) in [7, 11) is 1.42. The van der Waals surface area contributed by atoms with Crippen molar-refractivity contribution < 1.29 is 8.42 Å². The second kappa shape index (κ2) is 5.98. The van der Waals surface area contributed by atoms with Crippen molar-refractivity contribution in [3.63, 3.8) is 0 Å². The van der Waals surface area contributed by atoms with Gasteiger partial charge in [0.2, 0.25) is 10.0 Å². The van der Waals surface area contributed by atoms with Gasteiger partial charge >= 0.3 is 0 Å². The highest BCUT2D eigenvalue weighted by atomic mass is 32.2. The van der Waals surface area contributed by atoms with Gasteiger partial charge in [0, 0.05) is 26.8 Å². The number of nitrogen functional groups attached to an aromatic ring is 1. The highest BCUT2D eigenvalue weighted by Gasteiger charge is 2.19. The Kier molecular flexibility index (Phi) is 4.44. The molecule has 2 N–H and O–H groups in total. The number of nitrogens with zero attached hydrogens (tertiary/aromatic N) is 2. The molecule has 0 aliphatic rings. The van der Waals surface area contributed by atoms with E-state index in [1.165, 1.54) is 24.5 Å². The predicted octanol–water partition coefficient (Wildman–Crippen LogP) is 2.60. The van der Waals surface area contributed by atoms with Crippen molar-refractivity contribution in [2.24, 2.45) is 0 Å². The third kappa shape index (κ3) is 3.08. The molecule has 0 saturated carbocycles. The van der Waals surface area contributed by atoms with Crippen LogP contribution in [0.25, 0.3) is 0 Å². The molecule has 22 heavy (non-hydrogen) atoms. The zero-order valence-electron chi connectivity index (χ0n) is 13.2. The number of rotatable bonds is 4. The number of aryl methyl sites for hydroxylation is 1. The topological polar surface area (TPSA) is 66.6 Å². The lowest BCUT2D eigenvalue weighted by molar-refractivity contribution is 0.521. The first kappa shape index (κ1) is 16.3. The number of sulfonamides is 1. The number of benzene rings is 2. The molecule has 0 aliphatic heterocycles. The van der Waals surface area contributed by atoms with Crippen LogP contribution in [0.4, 0.5) is 17.1 Å². The Morgan fingerprint density at radius 3 is 2.23 bits per heavy atom. The van der Waals surface area contributed by atoms with E-state index < -0.39 is 10.0 Å². The first-order chi connectivity index (χ1) is 10.2. The molecule has 0 amide bonds. The van der Waals surface area contributed by atoms with Gasteiger partial charge in [-0.2, -0.15) is 0 Å². The summed E-state index contributed by atoms with van der Waals surface area (Å²) in [6.07, 6.45) is 0. The standard InChI is InChI=1S/C16H21N3O2S/c1-12-6-5-7-13(10-12)19(4)16-9-8-14(11-15(16)17)22(20,21)18(2)3/h5-11H,17H2,1-4H3. The SMILES string of the molecule is Cc1cccc(N(C)c2ccc(S(=O)(=O)N(C)C)cc2N)c1. The van der Waals surface area contributed by atoms with Crippen LogP contribution >= 0.6 is 0 Å². The Morgan fingerprint density at radius 2 is 1.68 bits per heavy atom. The largest absolute Gasteiger partial charge is 0.397 e. The summed E-state index contributed by atoms with van der Waals surface area (Å²) in [5.41, 5.74) is 9.40. The van der Waals surface area contributed by atoms with E-state index in [9.17, 15) is 8.42 Å². The molecule has 0 fully saturated rings. The lowest BCUT2D eigenvalue weighted by Gasteiger charge is -2.22. The van der Waals surface area contributed by atoms with Crippen LogP contribution in [0.2, 0.25) is 0 Å². The van der Waals surface area contributed by atoms with Crippen molar-refractivity contribution in [2.75, 3.05) is 31.8 Å². The van der Waals surface area contributed by atoms with Crippen LogP contribution < -0.4 is 10.6 Å². The van der Waals surface area contributed by atoms with E-state index in [0.29, 0.717) is 5.69 Å². The molecule has 2 aromatic rings. The minimum atomic E-state index is -3.48. The summed E-state index contributed by atoms with van der Waals surface area (Å²) in [6, 6.07) is 12.8. The molecule has 6 heteroatoms. The van der Waals surface area contributed by atoms with Gasteiger partial charge in [0.05, 0.1) is 16.3 Å². The van der Waals surface area contributed by atoms with E-state index in [1.54, 1.807) is 12.1 Å². The Balaban J connectivity index is 2.42. The molecule has 118 valence electrons. The lowest BCUT2D eigenvalue weighted by Crippen LogP contribution is -2.22. The number of anilines is 3. The van der Waals surface area contributed by atoms with Gasteiger partial charge in [-0.05, 0) is 42.8 Å². The average molecular weight is 319 g/mol. The molecular formula is C16H21N3O2S. The highest BCUT2D eigenvalue weighted by molar-refractivity contribution is 7.89. The Morgan fingerprint density at radius 1 is 1.00 bits per heavy atom. The van der Waals surface area contributed by atoms with Gasteiger partial charge in [-0.1, -0.05) is 12.1 Å². The van der Waals surface area contributed by atoms with Gasteiger partial charge in [-0.15, -0.1) is 0 Å². The normalized spacial score (nSPS) is 11.7. The summed E-state index contributed by atoms with van der Waals surface area (Å²) in [5.74, 6) is 0. The highest BCUT2D eigenvalue weighted by Crippen LogP contribution is 2.31. The van der Waals surface area contributed by atoms with Gasteiger partial charge in [-0.25, -0.2) is 12.7 Å². The van der Waals surface area contributed by atoms with Crippen LogP contribution in [0.1, 0.15) is 5.56 Å². The zero-order chi connectivity index (χ0) is 16.5. The minimum Gasteiger partial charge on any atom is -0.397 e. The van der Waals surface area contributed by atoms with Crippen LogP contribution in [-0.2, 0) is 10.0 Å². The molecule has 0 atom stereocenters. The van der Waals surface area contributed by atoms with E-state index in [2.05, 4.69) is 0 Å². The molecule has 5 nitrogen and oxygen atoms in total. The maximum absolute atomic E-state index is 12.1. The van der Waals surface area contributed by atoms with Gasteiger partial charge in [0.1, 0.15) is 0 Å². The Labute approximate surface area is 132 Å². The molecule has 2 aromatic carbocycles. The lowest BCUT2D eigenvalue weighted by atomic mass is 10.2. The molecule has 0 aromatic heterocycles. The summed E-state index contributed by atoms with van der Waals surface area (Å²) < 4.78 is 25.4. The van der Waals surface area contributed by atoms with Crippen molar-refractivity contribution in [1.82, 2.24) is 4.31 Å². The van der Waals surface area contributed by atoms with E-state index in [-0.39, 0.29) is 4.90 Å². The van der Waals surface area contributed by atoms with Crippen molar-refractivity contribution >= 4 is 27.1 Å². The van der Waals surface area contributed by atoms with Crippen molar-refractivity contribution in [1.29, 1.82) is 0 Å². The summed E-state index contributed by atoms with van der Waals surface area (Å²) in [6.45, 7) is 2.02. The van der Waals surface area contributed by atoms with Gasteiger partial charge in [0.25, 0.3) is 0 Å². The Bertz CT molecular complexity index is 786. The smallest absolute Gasteiger partial charge is 0.242 e. The van der Waals surface area contributed by atoms with Crippen molar-refractivity contribution in [2.45, 2.75) is 11.8 Å². The average Bonchev–Trinajstić information content (AvgIpc) is 2.46. The number of hydrogen-bond acceptors (Lipinski definition) is 4. The number of nitrogens with two attached hydrogens (primary N) is 1. The van der Waals surface area contributed by atoms with Crippen LogP contribution in [0, 0.1) is 6.92 Å². The van der Waals surface area contributed by atoms with Gasteiger partial charge in [0.15, 0.2) is 0 Å². The first-order valence-corrected chi connectivity index (χ1v) is 8.30. The first-order valence-electron chi connectivity index (χ1n) is 6.86. The van der Waals surface area contributed by atoms with E-state index in [1.807, 2.05) is 43.1 Å². The van der Waals surface area contributed by atoms with Crippen molar-refractivity contribution in [3.8, 4) is 0 Å². The van der Waals surface area contributed by atoms with Crippen LogP contribution in [0.3, 0.4) is 0 Å². The fraction of sp³-hybridized carbons (Fsp3) is 0.250. The Hall–Kier alpha value is -2.05. The molecule has 0 spiro atoms. The predicted molar refractivity (Wildman–Crippen MR) is 91.0 cm³/mol. The molecule has 2 rings (SSSR count). The van der Waals surface area contributed by atoms with Gasteiger partial charge in [-0.3, -0.25) is 0 Å². The third-order valence-electron chi connectivity index (χ3n) is 3.53. The molecule has 0 saturated heterocycles. The van der Waals surface area contributed by atoms with E-state index in [0.717, 1.165) is 16.9 Å². The molecule has 0 heterocycles. The fourth-order valence-corrected chi connectivity index (χ4v) is 3.12. The monoisotopic (exact) mass is 319 g/mol. The quantitative estimate of drug-likeness (QED) is 0.880.